The van der Waals surface area contributed by atoms with Gasteiger partial charge in [0.25, 0.3) is 0 Å². The average Bonchev–Trinajstić information content (AvgIpc) is 2.52. The molecule has 0 fully saturated rings. The number of carbonyl (C=O) groups is 1. The lowest BCUT2D eigenvalue weighted by atomic mass is 10.2. The third kappa shape index (κ3) is 5.64. The van der Waals surface area contributed by atoms with Gasteiger partial charge in [0.15, 0.2) is 0 Å². The highest BCUT2D eigenvalue weighted by Crippen LogP contribution is 2.35. The third-order valence-electron chi connectivity index (χ3n) is 2.91. The molecule has 0 N–H and O–H groups in total. The summed E-state index contributed by atoms with van der Waals surface area (Å²) in [6.07, 6.45) is 0. The molecule has 0 radical (unpaired) electrons. The number of carbonyl (C=O) groups excluding carboxylic acids is 1. The predicted octanol–water partition coefficient (Wildman–Crippen LogP) is 3.64. The molecule has 0 saturated carbocycles. The first-order valence-electron chi connectivity index (χ1n) is 6.70. The van der Waals surface area contributed by atoms with Gasteiger partial charge in [-0.25, -0.2) is 13.2 Å². The molecule has 0 spiro atoms. The number of ether oxygens (including phenoxy) is 2. The molecule has 0 amide bonds. The molecule has 0 aromatic heterocycles. The molecule has 0 bridgehead atoms. The normalized spacial score (nSPS) is 11.2. The maximum Gasteiger partial charge on any atom is 0.338 e. The van der Waals surface area contributed by atoms with Crippen LogP contribution in [0.5, 0.6) is 5.75 Å². The van der Waals surface area contributed by atoms with Crippen LogP contribution in [-0.2, 0) is 14.9 Å². The van der Waals surface area contributed by atoms with Crippen molar-refractivity contribution in [3.8, 4) is 5.75 Å². The number of benzene rings is 2. The van der Waals surface area contributed by atoms with Crippen molar-refractivity contribution in [1.82, 2.24) is 0 Å². The summed E-state index contributed by atoms with van der Waals surface area (Å²) in [6, 6.07) is 10.1. The summed E-state index contributed by atoms with van der Waals surface area (Å²) < 4.78 is 46.1. The van der Waals surface area contributed by atoms with Crippen LogP contribution in [0, 0.1) is 10.7 Å². The van der Waals surface area contributed by atoms with Crippen molar-refractivity contribution in [2.24, 2.45) is 0 Å². The van der Waals surface area contributed by atoms with Crippen molar-refractivity contribution in [2.45, 2.75) is 4.90 Å². The van der Waals surface area contributed by atoms with E-state index in [1.54, 1.807) is 81.6 Å². The average molecular weight is 699 g/mol. The molecule has 25 heavy (non-hydrogen) atoms. The van der Waals surface area contributed by atoms with Crippen molar-refractivity contribution in [2.75, 3.05) is 13.2 Å². The Morgan fingerprint density at radius 3 is 2.28 bits per heavy atom. The summed E-state index contributed by atoms with van der Waals surface area (Å²) in [5.41, 5.74) is 0.431. The molecular weight excluding hydrogens is 689 g/mol. The summed E-state index contributed by atoms with van der Waals surface area (Å²) in [5.74, 6) is -0.189. The Hall–Kier alpha value is -0.190. The SMILES string of the molecule is O=C(OCCOc1c(I)cc(I)c(S(=O)(=O)[O-])c1I)c1ccccc1. The summed E-state index contributed by atoms with van der Waals surface area (Å²) in [5, 5.41) is 0. The third-order valence-corrected chi connectivity index (χ3v) is 7.25. The van der Waals surface area contributed by atoms with Crippen LogP contribution in [0.15, 0.2) is 41.3 Å². The lowest BCUT2D eigenvalue weighted by Gasteiger charge is -2.17. The summed E-state index contributed by atoms with van der Waals surface area (Å²) >= 11 is 5.56. The molecule has 2 rings (SSSR count). The molecule has 0 aliphatic heterocycles. The van der Waals surface area contributed by atoms with E-state index in [1.807, 2.05) is 22.6 Å². The fraction of sp³-hybridized carbons (Fsp3) is 0.133. The van der Waals surface area contributed by atoms with E-state index in [2.05, 4.69) is 0 Å². The number of hydrogen-bond acceptors (Lipinski definition) is 6. The van der Waals surface area contributed by atoms with E-state index in [-0.39, 0.29) is 27.4 Å². The molecule has 0 atom stereocenters. The Balaban J connectivity index is 2.05. The van der Waals surface area contributed by atoms with E-state index >= 15 is 0 Å². The molecule has 134 valence electrons. The second-order valence-corrected chi connectivity index (χ2v) is 9.34. The van der Waals surface area contributed by atoms with Crippen LogP contribution < -0.4 is 4.74 Å². The monoisotopic (exact) mass is 699 g/mol. The van der Waals surface area contributed by atoms with Crippen molar-refractivity contribution in [1.29, 1.82) is 0 Å². The van der Waals surface area contributed by atoms with Gasteiger partial charge in [0, 0.05) is 3.57 Å². The smallest absolute Gasteiger partial charge is 0.338 e. The fourth-order valence-electron chi connectivity index (χ4n) is 1.85. The molecule has 2 aromatic rings. The molecule has 0 unspecified atom stereocenters. The Labute approximate surface area is 185 Å². The number of esters is 1. The molecule has 10 heteroatoms. The highest BCUT2D eigenvalue weighted by Gasteiger charge is 2.20. The topological polar surface area (TPSA) is 92.7 Å². The van der Waals surface area contributed by atoms with Gasteiger partial charge in [0.05, 0.1) is 17.6 Å². The molecule has 0 heterocycles. The van der Waals surface area contributed by atoms with Gasteiger partial charge < -0.3 is 14.0 Å². The van der Waals surface area contributed by atoms with Crippen LogP contribution in [0.3, 0.4) is 0 Å². The Morgan fingerprint density at radius 2 is 1.68 bits per heavy atom. The lowest BCUT2D eigenvalue weighted by Crippen LogP contribution is -2.14. The van der Waals surface area contributed by atoms with Gasteiger partial charge in [-0.15, -0.1) is 0 Å². The van der Waals surface area contributed by atoms with E-state index in [1.165, 1.54) is 0 Å². The van der Waals surface area contributed by atoms with Gasteiger partial charge in [0.1, 0.15) is 29.1 Å². The van der Waals surface area contributed by atoms with Gasteiger partial charge >= 0.3 is 5.97 Å². The summed E-state index contributed by atoms with van der Waals surface area (Å²) in [4.78, 5) is 11.5. The minimum absolute atomic E-state index is 0.00860. The maximum atomic E-state index is 11.8. The highest BCUT2D eigenvalue weighted by molar-refractivity contribution is 14.1. The standard InChI is InChI=1S/C15H11I3O6S/c16-10-8-11(17)14(25(20,21)22)12(18)13(10)23-6-7-24-15(19)9-4-2-1-3-5-9/h1-5,8H,6-7H2,(H,20,21,22)/p-1. The van der Waals surface area contributed by atoms with E-state index in [0.717, 1.165) is 0 Å². The van der Waals surface area contributed by atoms with Crippen LogP contribution >= 0.6 is 67.8 Å². The molecular formula is C15H10I3O6S-. The number of rotatable bonds is 6. The van der Waals surface area contributed by atoms with Crippen LogP contribution in [0.4, 0.5) is 0 Å². The molecule has 0 aliphatic carbocycles. The minimum Gasteiger partial charge on any atom is -0.744 e. The first-order chi connectivity index (χ1) is 11.7. The largest absolute Gasteiger partial charge is 0.744 e. The van der Waals surface area contributed by atoms with Crippen molar-refractivity contribution in [3.63, 3.8) is 0 Å². The van der Waals surface area contributed by atoms with Crippen LogP contribution in [0.1, 0.15) is 10.4 Å². The summed E-state index contributed by atoms with van der Waals surface area (Å²) in [7, 11) is -4.62. The Morgan fingerprint density at radius 1 is 1.04 bits per heavy atom. The van der Waals surface area contributed by atoms with E-state index in [0.29, 0.717) is 12.7 Å². The highest BCUT2D eigenvalue weighted by atomic mass is 127. The van der Waals surface area contributed by atoms with Gasteiger partial charge in [-0.3, -0.25) is 0 Å². The predicted molar refractivity (Wildman–Crippen MR) is 115 cm³/mol. The van der Waals surface area contributed by atoms with Gasteiger partial charge in [-0.2, -0.15) is 0 Å². The zero-order valence-electron chi connectivity index (χ0n) is 12.4. The van der Waals surface area contributed by atoms with Gasteiger partial charge in [-0.1, -0.05) is 18.2 Å². The number of hydrogen-bond donors (Lipinski definition) is 0. The van der Waals surface area contributed by atoms with E-state index in [4.69, 9.17) is 9.47 Å². The Kier molecular flexibility index (Phi) is 7.72. The maximum absolute atomic E-state index is 11.8. The van der Waals surface area contributed by atoms with E-state index < -0.39 is 16.1 Å². The molecule has 0 saturated heterocycles. The van der Waals surface area contributed by atoms with Crippen molar-refractivity contribution >= 4 is 83.9 Å². The van der Waals surface area contributed by atoms with Gasteiger partial charge in [-0.05, 0) is 86.0 Å². The zero-order valence-corrected chi connectivity index (χ0v) is 19.7. The fourth-order valence-corrected chi connectivity index (χ4v) is 7.76. The van der Waals surface area contributed by atoms with E-state index in [9.17, 15) is 17.8 Å². The number of halogens is 3. The first kappa shape index (κ1) is 21.1. The van der Waals surface area contributed by atoms with Gasteiger partial charge in [0.2, 0.25) is 0 Å². The van der Waals surface area contributed by atoms with Crippen LogP contribution in [0.25, 0.3) is 0 Å². The quantitative estimate of drug-likeness (QED) is 0.198. The van der Waals surface area contributed by atoms with Crippen molar-refractivity contribution < 1.29 is 27.2 Å². The second kappa shape index (κ2) is 9.14. The summed E-state index contributed by atoms with van der Waals surface area (Å²) in [6.45, 7) is 0.0227. The second-order valence-electron chi connectivity index (χ2n) is 4.62. The minimum atomic E-state index is -4.62. The lowest BCUT2D eigenvalue weighted by molar-refractivity contribution is 0.0449. The molecule has 0 aliphatic rings. The molecule has 6 nitrogen and oxygen atoms in total. The van der Waals surface area contributed by atoms with Crippen LogP contribution in [0.2, 0.25) is 0 Å². The van der Waals surface area contributed by atoms with Crippen molar-refractivity contribution in [3.05, 3.63) is 52.7 Å². The van der Waals surface area contributed by atoms with Crippen LogP contribution in [-0.4, -0.2) is 32.2 Å². The molecule has 2 aromatic carbocycles. The zero-order chi connectivity index (χ0) is 18.6. The Bertz CT molecular complexity index is 884. The first-order valence-corrected chi connectivity index (χ1v) is 11.3.